The van der Waals surface area contributed by atoms with Crippen molar-refractivity contribution < 1.29 is 4.79 Å². The molecule has 0 fully saturated rings. The van der Waals surface area contributed by atoms with Crippen LogP contribution in [0.25, 0.3) is 16.8 Å². The van der Waals surface area contributed by atoms with Gasteiger partial charge >= 0.3 is 0 Å². The molecule has 28 heavy (non-hydrogen) atoms. The van der Waals surface area contributed by atoms with Crippen LogP contribution in [0.1, 0.15) is 13.8 Å². The van der Waals surface area contributed by atoms with Crippen molar-refractivity contribution in [2.24, 2.45) is 0 Å². The molecular weight excluding hydrogens is 372 g/mol. The third kappa shape index (κ3) is 3.55. The molecule has 0 unspecified atom stereocenters. The number of aromatic amines is 1. The molecule has 0 saturated carbocycles. The normalized spacial score (nSPS) is 11.2. The van der Waals surface area contributed by atoms with E-state index in [9.17, 15) is 4.79 Å². The van der Waals surface area contributed by atoms with Gasteiger partial charge in [-0.15, -0.1) is 5.10 Å². The first-order valence-corrected chi connectivity index (χ1v) is 10.3. The second-order valence-corrected chi connectivity index (χ2v) is 7.26. The number of thioether (sulfide) groups is 1. The summed E-state index contributed by atoms with van der Waals surface area (Å²) >= 11 is 1.38. The van der Waals surface area contributed by atoms with Crippen molar-refractivity contribution in [2.45, 2.75) is 19.0 Å². The smallest absolute Gasteiger partial charge is 0.234 e. The average molecular weight is 395 g/mol. The number of carbonyl (C=O) groups is 1. The number of hydrogen-bond acceptors (Lipinski definition) is 5. The minimum atomic E-state index is -0.0684. The van der Waals surface area contributed by atoms with Gasteiger partial charge in [0.05, 0.1) is 16.8 Å². The molecule has 2 heterocycles. The molecule has 0 aliphatic carbocycles. The standard InChI is InChI=1S/C20H22N6OS/c1-3-25(4-2)15-11-9-14(10-12-15)21-18(27)13-28-20-24-23-19-22-16-7-5-6-8-17(16)26(19)20/h5-12H,3-4,13H2,1-2H3,(H,21,27)(H,22,23). The quantitative estimate of drug-likeness (QED) is 0.466. The Morgan fingerprint density at radius 3 is 2.64 bits per heavy atom. The molecular formula is C20H22N6OS. The van der Waals surface area contributed by atoms with Crippen molar-refractivity contribution in [3.8, 4) is 0 Å². The molecule has 4 aromatic rings. The highest BCUT2D eigenvalue weighted by Gasteiger charge is 2.13. The van der Waals surface area contributed by atoms with Gasteiger partial charge in [-0.3, -0.25) is 9.20 Å². The second-order valence-electron chi connectivity index (χ2n) is 6.32. The highest BCUT2D eigenvalue weighted by atomic mass is 32.2. The van der Waals surface area contributed by atoms with Crippen LogP contribution in [0.2, 0.25) is 0 Å². The van der Waals surface area contributed by atoms with Crippen molar-refractivity contribution in [2.75, 3.05) is 29.1 Å². The van der Waals surface area contributed by atoms with E-state index in [-0.39, 0.29) is 11.7 Å². The highest BCUT2D eigenvalue weighted by Crippen LogP contribution is 2.23. The molecule has 4 rings (SSSR count). The summed E-state index contributed by atoms with van der Waals surface area (Å²) in [7, 11) is 0. The summed E-state index contributed by atoms with van der Waals surface area (Å²) in [4.78, 5) is 19.1. The molecule has 0 aliphatic heterocycles. The molecule has 0 saturated heterocycles. The fourth-order valence-electron chi connectivity index (χ4n) is 3.21. The minimum absolute atomic E-state index is 0.0684. The predicted molar refractivity (Wildman–Crippen MR) is 114 cm³/mol. The summed E-state index contributed by atoms with van der Waals surface area (Å²) in [5.74, 6) is 0.877. The van der Waals surface area contributed by atoms with Gasteiger partial charge in [0.15, 0.2) is 5.16 Å². The molecule has 0 aliphatic rings. The largest absolute Gasteiger partial charge is 0.372 e. The second kappa shape index (κ2) is 7.93. The fraction of sp³-hybridized carbons (Fsp3) is 0.250. The molecule has 0 atom stereocenters. The first-order chi connectivity index (χ1) is 13.7. The van der Waals surface area contributed by atoms with Crippen molar-refractivity contribution >= 4 is 45.9 Å². The summed E-state index contributed by atoms with van der Waals surface area (Å²) < 4.78 is 1.94. The number of benzene rings is 2. The monoisotopic (exact) mass is 394 g/mol. The van der Waals surface area contributed by atoms with E-state index < -0.39 is 0 Å². The minimum Gasteiger partial charge on any atom is -0.372 e. The number of carbonyl (C=O) groups excluding carboxylic acids is 1. The van der Waals surface area contributed by atoms with Crippen molar-refractivity contribution in [3.05, 3.63) is 48.5 Å². The summed E-state index contributed by atoms with van der Waals surface area (Å²) in [5.41, 5.74) is 3.82. The fourth-order valence-corrected chi connectivity index (χ4v) is 3.97. The summed E-state index contributed by atoms with van der Waals surface area (Å²) in [6.07, 6.45) is 0. The van der Waals surface area contributed by atoms with Gasteiger partial charge in [-0.25, -0.2) is 10.1 Å². The molecule has 0 radical (unpaired) electrons. The molecule has 8 heteroatoms. The average Bonchev–Trinajstić information content (AvgIpc) is 3.28. The first kappa shape index (κ1) is 18.4. The Morgan fingerprint density at radius 1 is 1.14 bits per heavy atom. The third-order valence-corrected chi connectivity index (χ3v) is 5.55. The zero-order valence-electron chi connectivity index (χ0n) is 15.8. The van der Waals surface area contributed by atoms with Crippen molar-refractivity contribution in [3.63, 3.8) is 0 Å². The molecule has 2 N–H and O–H groups in total. The molecule has 0 spiro atoms. The zero-order chi connectivity index (χ0) is 19.5. The topological polar surface area (TPSA) is 78.3 Å². The predicted octanol–water partition coefficient (Wildman–Crippen LogP) is 3.79. The number of H-pyrrole nitrogens is 1. The lowest BCUT2D eigenvalue weighted by Gasteiger charge is -2.21. The summed E-state index contributed by atoms with van der Waals surface area (Å²) in [6.45, 7) is 6.18. The maximum Gasteiger partial charge on any atom is 0.234 e. The number of para-hydroxylation sites is 2. The van der Waals surface area contributed by atoms with Gasteiger partial charge in [0.1, 0.15) is 0 Å². The van der Waals surface area contributed by atoms with Gasteiger partial charge in [0, 0.05) is 24.5 Å². The lowest BCUT2D eigenvalue weighted by Crippen LogP contribution is -2.21. The van der Waals surface area contributed by atoms with Gasteiger partial charge in [-0.05, 0) is 50.2 Å². The van der Waals surface area contributed by atoms with E-state index in [1.165, 1.54) is 11.8 Å². The van der Waals surface area contributed by atoms with Gasteiger partial charge in [-0.1, -0.05) is 23.9 Å². The molecule has 144 valence electrons. The van der Waals surface area contributed by atoms with E-state index in [4.69, 9.17) is 0 Å². The molecule has 7 nitrogen and oxygen atoms in total. The van der Waals surface area contributed by atoms with Crippen LogP contribution in [0.15, 0.2) is 53.7 Å². The van der Waals surface area contributed by atoms with E-state index in [0.29, 0.717) is 5.78 Å². The number of fused-ring (bicyclic) bond motifs is 3. The zero-order valence-corrected chi connectivity index (χ0v) is 16.7. The number of imidazole rings is 1. The summed E-state index contributed by atoms with van der Waals surface area (Å²) in [6, 6.07) is 15.8. The van der Waals surface area contributed by atoms with Crippen LogP contribution in [0.3, 0.4) is 0 Å². The van der Waals surface area contributed by atoms with E-state index in [2.05, 4.69) is 39.2 Å². The Bertz CT molecular complexity index is 1100. The van der Waals surface area contributed by atoms with E-state index in [1.54, 1.807) is 0 Å². The Hall–Kier alpha value is -3.00. The first-order valence-electron chi connectivity index (χ1n) is 9.28. The third-order valence-electron chi connectivity index (χ3n) is 4.62. The number of amides is 1. The van der Waals surface area contributed by atoms with E-state index in [0.717, 1.165) is 40.7 Å². The number of anilines is 2. The van der Waals surface area contributed by atoms with Crippen LogP contribution in [0.4, 0.5) is 11.4 Å². The van der Waals surface area contributed by atoms with E-state index >= 15 is 0 Å². The Balaban J connectivity index is 1.41. The SMILES string of the molecule is CCN(CC)c1ccc(NC(=O)CSc2n[nH]c3nc4ccccc4n23)cc1. The Kier molecular flexibility index (Phi) is 5.21. The number of hydrogen-bond donors (Lipinski definition) is 2. The number of nitrogens with zero attached hydrogens (tertiary/aromatic N) is 4. The van der Waals surface area contributed by atoms with Crippen LogP contribution in [0, 0.1) is 0 Å². The highest BCUT2D eigenvalue weighted by molar-refractivity contribution is 7.99. The Labute approximate surface area is 167 Å². The molecule has 0 bridgehead atoms. The van der Waals surface area contributed by atoms with Gasteiger partial charge in [0.25, 0.3) is 0 Å². The van der Waals surface area contributed by atoms with Gasteiger partial charge < -0.3 is 10.2 Å². The van der Waals surface area contributed by atoms with E-state index in [1.807, 2.05) is 52.9 Å². The molecule has 2 aromatic carbocycles. The number of rotatable bonds is 7. The number of nitrogens with one attached hydrogen (secondary N) is 2. The van der Waals surface area contributed by atoms with Gasteiger partial charge in [-0.2, -0.15) is 0 Å². The van der Waals surface area contributed by atoms with Crippen LogP contribution in [-0.4, -0.2) is 44.3 Å². The maximum absolute atomic E-state index is 12.4. The van der Waals surface area contributed by atoms with Crippen LogP contribution in [0.5, 0.6) is 0 Å². The van der Waals surface area contributed by atoms with Crippen molar-refractivity contribution in [1.82, 2.24) is 19.6 Å². The molecule has 1 amide bonds. The molecule has 2 aromatic heterocycles. The lowest BCUT2D eigenvalue weighted by atomic mass is 10.2. The lowest BCUT2D eigenvalue weighted by molar-refractivity contribution is -0.113. The van der Waals surface area contributed by atoms with Crippen LogP contribution in [-0.2, 0) is 4.79 Å². The number of aromatic nitrogens is 4. The van der Waals surface area contributed by atoms with Gasteiger partial charge in [0.2, 0.25) is 11.7 Å². The Morgan fingerprint density at radius 2 is 1.89 bits per heavy atom. The summed E-state index contributed by atoms with van der Waals surface area (Å²) in [5, 5.41) is 10.9. The van der Waals surface area contributed by atoms with Crippen molar-refractivity contribution in [1.29, 1.82) is 0 Å². The maximum atomic E-state index is 12.4. The van der Waals surface area contributed by atoms with Crippen LogP contribution >= 0.6 is 11.8 Å². The van der Waals surface area contributed by atoms with Crippen LogP contribution < -0.4 is 10.2 Å².